The van der Waals surface area contributed by atoms with Crippen LogP contribution in [0.2, 0.25) is 20.1 Å². The predicted octanol–water partition coefficient (Wildman–Crippen LogP) is 13.4. The van der Waals surface area contributed by atoms with Crippen LogP contribution in [0.3, 0.4) is 0 Å². The minimum Gasteiger partial charge on any atom is -0.399 e. The van der Waals surface area contributed by atoms with Crippen LogP contribution in [0.15, 0.2) is 89.5 Å². The van der Waals surface area contributed by atoms with Gasteiger partial charge in [-0.2, -0.15) is 15.5 Å². The standard InChI is InChI=1S/C22H17Cl2FN6S.C14H8ClFN4S2.C9H13ClN2/c1-31(2)11-12-3-4-15(7-16(12)23)29-22-30-21-20(32-22)19(13(9-26)10-27-21)28-14-5-6-18(25)17(24)8-14;1-21-14-20-13-12(22-14)11(7(5-17)6-18-13)19-8-2-3-10(16)9(15)4-8;1-12(2)6-7-3-4-8(11)5-9(7)10/h3-8,10H,11H2,1-2H3,(H2,27,28,29,30);2-4,6H,1H3,(H,18,19);3-5H,6,11H2,1-2H3. The van der Waals surface area contributed by atoms with E-state index in [2.05, 4.69) is 52.9 Å². The number of benzene rings is 4. The quantitative estimate of drug-likeness (QED) is 0.0714. The molecule has 0 atom stereocenters. The number of nitriles is 2. The molecule has 0 bridgehead atoms. The smallest absolute Gasteiger partial charge is 0.189 e. The van der Waals surface area contributed by atoms with Crippen molar-refractivity contribution in [2.45, 2.75) is 17.4 Å². The lowest BCUT2D eigenvalue weighted by Crippen LogP contribution is -2.11. The zero-order valence-electron chi connectivity index (χ0n) is 35.6. The maximum atomic E-state index is 13.5. The summed E-state index contributed by atoms with van der Waals surface area (Å²) in [6.07, 6.45) is 4.85. The summed E-state index contributed by atoms with van der Waals surface area (Å²) >= 11 is 28.4. The zero-order valence-corrected chi connectivity index (χ0v) is 41.1. The summed E-state index contributed by atoms with van der Waals surface area (Å²) in [5.41, 5.74) is 13.2. The maximum absolute atomic E-state index is 13.5. The summed E-state index contributed by atoms with van der Waals surface area (Å²) in [5.74, 6) is -1.01. The van der Waals surface area contributed by atoms with Gasteiger partial charge >= 0.3 is 0 Å². The second kappa shape index (κ2) is 22.8. The lowest BCUT2D eigenvalue weighted by Gasteiger charge is -2.12. The fourth-order valence-electron chi connectivity index (χ4n) is 5.98. The molecule has 4 aromatic heterocycles. The van der Waals surface area contributed by atoms with Gasteiger partial charge in [-0.05, 0) is 106 Å². The van der Waals surface area contributed by atoms with Crippen LogP contribution in [0.4, 0.5) is 48.0 Å². The van der Waals surface area contributed by atoms with Crippen molar-refractivity contribution in [3.63, 3.8) is 0 Å². The van der Waals surface area contributed by atoms with Crippen LogP contribution < -0.4 is 21.7 Å². The fourth-order valence-corrected chi connectivity index (χ4v) is 9.29. The molecule has 8 aromatic rings. The molecule has 338 valence electrons. The molecule has 8 rings (SSSR count). The van der Waals surface area contributed by atoms with E-state index in [1.807, 2.05) is 69.7 Å². The minimum absolute atomic E-state index is 0.0138. The number of hydrogen-bond acceptors (Lipinski definition) is 15. The number of pyridine rings is 2. The van der Waals surface area contributed by atoms with Crippen molar-refractivity contribution in [3.05, 3.63) is 139 Å². The molecule has 0 aliphatic rings. The van der Waals surface area contributed by atoms with Gasteiger partial charge in [0, 0.05) is 58.3 Å². The molecule has 0 aliphatic carbocycles. The average molecular weight is 1020 g/mol. The Bertz CT molecular complexity index is 3120. The second-order valence-corrected chi connectivity index (χ2v) is 19.3. The van der Waals surface area contributed by atoms with E-state index in [1.165, 1.54) is 71.1 Å². The molecule has 0 amide bonds. The third-order valence-corrected chi connectivity index (χ3v) is 13.3. The Kier molecular flexibility index (Phi) is 17.2. The topological polar surface area (TPSA) is 168 Å². The van der Waals surface area contributed by atoms with Gasteiger partial charge in [0.15, 0.2) is 20.8 Å². The number of aromatic nitrogens is 4. The Balaban J connectivity index is 0.000000182. The molecule has 0 saturated carbocycles. The number of thiazole rings is 2. The first-order chi connectivity index (χ1) is 31.5. The highest BCUT2D eigenvalue weighted by Crippen LogP contribution is 2.38. The van der Waals surface area contributed by atoms with Gasteiger partial charge < -0.3 is 31.5 Å². The van der Waals surface area contributed by atoms with Gasteiger partial charge in [-0.25, -0.2) is 23.7 Å². The van der Waals surface area contributed by atoms with E-state index in [0.717, 1.165) is 44.0 Å². The highest BCUT2D eigenvalue weighted by Gasteiger charge is 2.17. The highest BCUT2D eigenvalue weighted by atomic mass is 35.5. The number of nitrogens with zero attached hydrogens (tertiary/aromatic N) is 8. The van der Waals surface area contributed by atoms with E-state index in [1.54, 1.807) is 18.2 Å². The van der Waals surface area contributed by atoms with Crippen molar-refractivity contribution >= 4 is 141 Å². The number of halogens is 6. The highest BCUT2D eigenvalue weighted by molar-refractivity contribution is 8.00. The van der Waals surface area contributed by atoms with Gasteiger partial charge in [0.1, 0.15) is 28.5 Å². The van der Waals surface area contributed by atoms with Gasteiger partial charge in [-0.3, -0.25) is 0 Å². The molecule has 0 fully saturated rings. The molecule has 0 saturated heterocycles. The Morgan fingerprint density at radius 3 is 1.56 bits per heavy atom. The first-order valence-electron chi connectivity index (χ1n) is 19.3. The normalized spacial score (nSPS) is 10.8. The van der Waals surface area contributed by atoms with E-state index < -0.39 is 11.6 Å². The van der Waals surface area contributed by atoms with E-state index >= 15 is 0 Å². The number of thioether (sulfide) groups is 1. The van der Waals surface area contributed by atoms with Crippen LogP contribution in [-0.4, -0.2) is 64.2 Å². The molecule has 0 radical (unpaired) electrons. The van der Waals surface area contributed by atoms with E-state index in [4.69, 9.17) is 52.1 Å². The summed E-state index contributed by atoms with van der Waals surface area (Å²) in [7, 11) is 7.98. The summed E-state index contributed by atoms with van der Waals surface area (Å²) in [6.45, 7) is 1.59. The largest absolute Gasteiger partial charge is 0.399 e. The third kappa shape index (κ3) is 12.9. The van der Waals surface area contributed by atoms with Gasteiger partial charge in [0.2, 0.25) is 0 Å². The van der Waals surface area contributed by atoms with Crippen molar-refractivity contribution < 1.29 is 8.78 Å². The Hall–Kier alpha value is -5.57. The van der Waals surface area contributed by atoms with Gasteiger partial charge in [-0.1, -0.05) is 81.6 Å². The number of fused-ring (bicyclic) bond motifs is 2. The summed E-state index contributed by atoms with van der Waals surface area (Å²) < 4.78 is 29.1. The van der Waals surface area contributed by atoms with Gasteiger partial charge in [0.25, 0.3) is 0 Å². The second-order valence-electron chi connectivity index (χ2n) is 14.6. The summed E-state index contributed by atoms with van der Waals surface area (Å²) in [5, 5.41) is 30.3. The molecule has 4 heterocycles. The predicted molar refractivity (Wildman–Crippen MR) is 271 cm³/mol. The number of rotatable bonds is 11. The van der Waals surface area contributed by atoms with Crippen LogP contribution in [0.5, 0.6) is 0 Å². The molecule has 0 aliphatic heterocycles. The van der Waals surface area contributed by atoms with E-state index in [-0.39, 0.29) is 10.0 Å². The molecule has 21 heteroatoms. The Morgan fingerprint density at radius 2 is 1.09 bits per heavy atom. The summed E-state index contributed by atoms with van der Waals surface area (Å²) in [4.78, 5) is 21.5. The Morgan fingerprint density at radius 1 is 0.636 bits per heavy atom. The number of nitrogens with two attached hydrogens (primary N) is 1. The molecule has 5 N–H and O–H groups in total. The minimum atomic E-state index is -0.517. The van der Waals surface area contributed by atoms with Crippen LogP contribution in [-0.2, 0) is 13.1 Å². The molecular weight excluding hydrogens is 985 g/mol. The van der Waals surface area contributed by atoms with Crippen molar-refractivity contribution in [2.24, 2.45) is 0 Å². The molecular formula is C45H38Cl4F2N12S3. The van der Waals surface area contributed by atoms with E-state index in [9.17, 15) is 19.3 Å². The van der Waals surface area contributed by atoms with Crippen molar-refractivity contribution in [2.75, 3.05) is 56.1 Å². The summed E-state index contributed by atoms with van der Waals surface area (Å²) in [6, 6.07) is 24.2. The average Bonchev–Trinajstić information content (AvgIpc) is 3.90. The molecule has 4 aromatic carbocycles. The van der Waals surface area contributed by atoms with Crippen LogP contribution in [0, 0.1) is 34.3 Å². The fraction of sp³-hybridized carbons (Fsp3) is 0.156. The first kappa shape index (κ1) is 49.9. The van der Waals surface area contributed by atoms with Crippen LogP contribution >= 0.6 is 80.8 Å². The number of nitrogens with one attached hydrogen (secondary N) is 3. The first-order valence-corrected chi connectivity index (χ1v) is 23.7. The maximum Gasteiger partial charge on any atom is 0.189 e. The molecule has 12 nitrogen and oxygen atoms in total. The van der Waals surface area contributed by atoms with Crippen molar-refractivity contribution in [3.8, 4) is 12.1 Å². The van der Waals surface area contributed by atoms with Gasteiger partial charge in [0.05, 0.1) is 37.2 Å². The number of nitrogen functional groups attached to an aromatic ring is 1. The van der Waals surface area contributed by atoms with Gasteiger partial charge in [-0.15, -0.1) is 11.3 Å². The zero-order chi connectivity index (χ0) is 47.7. The van der Waals surface area contributed by atoms with E-state index in [0.29, 0.717) is 65.7 Å². The number of anilines is 7. The molecule has 66 heavy (non-hydrogen) atoms. The third-order valence-electron chi connectivity index (χ3n) is 8.97. The monoisotopic (exact) mass is 1020 g/mol. The van der Waals surface area contributed by atoms with Crippen molar-refractivity contribution in [1.82, 2.24) is 29.7 Å². The lowest BCUT2D eigenvalue weighted by molar-refractivity contribution is 0.402. The lowest BCUT2D eigenvalue weighted by atomic mass is 10.2. The number of hydrogen-bond donors (Lipinski definition) is 4. The Labute approximate surface area is 411 Å². The molecule has 0 unspecified atom stereocenters. The van der Waals surface area contributed by atoms with Crippen LogP contribution in [0.25, 0.3) is 20.7 Å². The van der Waals surface area contributed by atoms with Crippen LogP contribution in [0.1, 0.15) is 22.3 Å². The molecule has 0 spiro atoms. The SMILES string of the molecule is CN(C)Cc1ccc(N)cc1Cl.CN(C)Cc1ccc(Nc2nc3ncc(C#N)c(Nc4ccc(F)c(Cl)c4)c3s2)cc1Cl.CSc1nc2ncc(C#N)c(Nc3ccc(F)c(Cl)c3)c2s1. The van der Waals surface area contributed by atoms with Crippen molar-refractivity contribution in [1.29, 1.82) is 10.5 Å².